The summed E-state index contributed by atoms with van der Waals surface area (Å²) in [4.78, 5) is 15.2. The van der Waals surface area contributed by atoms with Crippen molar-refractivity contribution >= 4 is 17.4 Å². The zero-order chi connectivity index (χ0) is 17.8. The van der Waals surface area contributed by atoms with Gasteiger partial charge in [-0.25, -0.2) is 4.79 Å². The Hall–Kier alpha value is -1.86. The number of thiophene rings is 1. The van der Waals surface area contributed by atoms with Gasteiger partial charge in [0.2, 0.25) is 0 Å². The van der Waals surface area contributed by atoms with Crippen LogP contribution >= 0.6 is 11.3 Å². The van der Waals surface area contributed by atoms with Crippen molar-refractivity contribution in [2.24, 2.45) is 5.92 Å². The lowest BCUT2D eigenvalue weighted by molar-refractivity contribution is 0.0690. The fraction of sp³-hybridized carbons (Fsp3) is 0.556. The number of rotatable bonds is 5. The number of piperidine rings is 1. The van der Waals surface area contributed by atoms with Crippen LogP contribution in [0, 0.1) is 19.8 Å². The van der Waals surface area contributed by atoms with Gasteiger partial charge in [-0.1, -0.05) is 6.07 Å². The van der Waals surface area contributed by atoms with Crippen LogP contribution in [-0.4, -0.2) is 45.5 Å². The van der Waals surface area contributed by atoms with E-state index in [4.69, 9.17) is 0 Å². The first-order chi connectivity index (χ1) is 12.0. The maximum Gasteiger partial charge on any atom is 0.317 e. The van der Waals surface area contributed by atoms with Crippen molar-refractivity contribution in [3.63, 3.8) is 0 Å². The van der Waals surface area contributed by atoms with Crippen LogP contribution in [0.2, 0.25) is 0 Å². The summed E-state index contributed by atoms with van der Waals surface area (Å²) < 4.78 is 1.92. The van der Waals surface area contributed by atoms with Gasteiger partial charge < -0.3 is 15.3 Å². The van der Waals surface area contributed by atoms with Gasteiger partial charge in [-0.3, -0.25) is 4.68 Å². The second kappa shape index (κ2) is 8.01. The van der Waals surface area contributed by atoms with Crippen molar-refractivity contribution in [2.45, 2.75) is 39.3 Å². The normalized spacial score (nSPS) is 16.8. The molecule has 0 unspecified atom stereocenters. The zero-order valence-electron chi connectivity index (χ0n) is 14.8. The van der Waals surface area contributed by atoms with Crippen molar-refractivity contribution in [1.29, 1.82) is 0 Å². The molecule has 0 bridgehead atoms. The van der Waals surface area contributed by atoms with Gasteiger partial charge in [0.15, 0.2) is 0 Å². The second-order valence-electron chi connectivity index (χ2n) is 6.67. The molecular formula is C18H26N4O2S. The standard InChI is InChI=1S/C18H26N4O2S/c1-13-12-14(2)22(20-13)10-7-19-18(24)21-8-5-15(6-9-21)17(23)16-4-3-11-25-16/h3-4,11-12,15,17,23H,5-10H2,1-2H3,(H,19,24)/t17-/m1/s1. The molecular weight excluding hydrogens is 336 g/mol. The number of aromatic nitrogens is 2. The fourth-order valence-electron chi connectivity index (χ4n) is 3.39. The monoisotopic (exact) mass is 362 g/mol. The summed E-state index contributed by atoms with van der Waals surface area (Å²) in [7, 11) is 0. The number of hydrogen-bond acceptors (Lipinski definition) is 4. The number of aliphatic hydroxyl groups is 1. The van der Waals surface area contributed by atoms with Gasteiger partial charge in [-0.05, 0) is 50.1 Å². The molecule has 2 aromatic rings. The summed E-state index contributed by atoms with van der Waals surface area (Å²) in [6, 6.07) is 5.96. The molecule has 1 atom stereocenters. The summed E-state index contributed by atoms with van der Waals surface area (Å²) >= 11 is 1.59. The van der Waals surface area contributed by atoms with E-state index in [0.29, 0.717) is 26.2 Å². The summed E-state index contributed by atoms with van der Waals surface area (Å²) in [5.74, 6) is 0.234. The van der Waals surface area contributed by atoms with Crippen molar-refractivity contribution in [3.8, 4) is 0 Å². The molecule has 6 nitrogen and oxygen atoms in total. The van der Waals surface area contributed by atoms with E-state index in [-0.39, 0.29) is 11.9 Å². The molecule has 136 valence electrons. The minimum Gasteiger partial charge on any atom is -0.387 e. The van der Waals surface area contributed by atoms with E-state index in [2.05, 4.69) is 10.4 Å². The number of aliphatic hydroxyl groups excluding tert-OH is 1. The van der Waals surface area contributed by atoms with E-state index in [0.717, 1.165) is 29.1 Å². The first kappa shape index (κ1) is 17.9. The molecule has 0 spiro atoms. The molecule has 3 rings (SSSR count). The van der Waals surface area contributed by atoms with Crippen molar-refractivity contribution in [3.05, 3.63) is 39.8 Å². The lowest BCUT2D eigenvalue weighted by Crippen LogP contribution is -2.45. The molecule has 1 saturated heterocycles. The minimum absolute atomic E-state index is 0.0226. The molecule has 0 radical (unpaired) electrons. The molecule has 2 amide bonds. The lowest BCUT2D eigenvalue weighted by atomic mass is 9.90. The summed E-state index contributed by atoms with van der Waals surface area (Å²) in [5, 5.41) is 19.8. The molecule has 0 saturated carbocycles. The summed E-state index contributed by atoms with van der Waals surface area (Å²) in [6.45, 7) is 6.62. The van der Waals surface area contributed by atoms with Crippen LogP contribution in [0.25, 0.3) is 0 Å². The smallest absolute Gasteiger partial charge is 0.317 e. The fourth-order valence-corrected chi connectivity index (χ4v) is 4.20. The maximum absolute atomic E-state index is 12.3. The van der Waals surface area contributed by atoms with Crippen molar-refractivity contribution in [1.82, 2.24) is 20.0 Å². The second-order valence-corrected chi connectivity index (χ2v) is 7.65. The Morgan fingerprint density at radius 3 is 2.80 bits per heavy atom. The molecule has 3 heterocycles. The molecule has 0 aromatic carbocycles. The van der Waals surface area contributed by atoms with E-state index < -0.39 is 6.10 Å². The lowest BCUT2D eigenvalue weighted by Gasteiger charge is -2.34. The van der Waals surface area contributed by atoms with Gasteiger partial charge in [-0.15, -0.1) is 11.3 Å². The Bertz CT molecular complexity index is 690. The van der Waals surface area contributed by atoms with Crippen LogP contribution in [0.4, 0.5) is 4.79 Å². The van der Waals surface area contributed by atoms with Crippen LogP contribution in [0.1, 0.15) is 35.2 Å². The molecule has 2 N–H and O–H groups in total. The largest absolute Gasteiger partial charge is 0.387 e. The third kappa shape index (κ3) is 4.41. The Morgan fingerprint density at radius 1 is 1.44 bits per heavy atom. The topological polar surface area (TPSA) is 70.4 Å². The molecule has 25 heavy (non-hydrogen) atoms. The summed E-state index contributed by atoms with van der Waals surface area (Å²) in [5.41, 5.74) is 2.10. The average Bonchev–Trinajstić information content (AvgIpc) is 3.24. The van der Waals surface area contributed by atoms with Gasteiger partial charge in [-0.2, -0.15) is 5.10 Å². The Morgan fingerprint density at radius 2 is 2.20 bits per heavy atom. The van der Waals surface area contributed by atoms with Gasteiger partial charge in [0.1, 0.15) is 0 Å². The van der Waals surface area contributed by atoms with Crippen LogP contribution in [0.3, 0.4) is 0 Å². The number of carbonyl (C=O) groups excluding carboxylic acids is 1. The van der Waals surface area contributed by atoms with E-state index in [1.54, 1.807) is 11.3 Å². The third-order valence-electron chi connectivity index (χ3n) is 4.81. The average molecular weight is 362 g/mol. The van der Waals surface area contributed by atoms with E-state index in [1.165, 1.54) is 0 Å². The van der Waals surface area contributed by atoms with Crippen LogP contribution in [0.5, 0.6) is 0 Å². The first-order valence-electron chi connectivity index (χ1n) is 8.80. The van der Waals surface area contributed by atoms with E-state index in [9.17, 15) is 9.90 Å². The van der Waals surface area contributed by atoms with Crippen molar-refractivity contribution in [2.75, 3.05) is 19.6 Å². The number of amides is 2. The Labute approximate surface area is 152 Å². The number of likely N-dealkylation sites (tertiary alicyclic amines) is 1. The van der Waals surface area contributed by atoms with Crippen LogP contribution in [-0.2, 0) is 6.54 Å². The Balaban J connectivity index is 1.41. The van der Waals surface area contributed by atoms with E-state index >= 15 is 0 Å². The molecule has 1 aliphatic heterocycles. The SMILES string of the molecule is Cc1cc(C)n(CCNC(=O)N2CCC([C@@H](O)c3cccs3)CC2)n1. The molecule has 7 heteroatoms. The zero-order valence-corrected chi connectivity index (χ0v) is 15.6. The van der Waals surface area contributed by atoms with Crippen LogP contribution in [0.15, 0.2) is 23.6 Å². The molecule has 0 aliphatic carbocycles. The number of urea groups is 1. The highest BCUT2D eigenvalue weighted by molar-refractivity contribution is 7.10. The number of aryl methyl sites for hydroxylation is 2. The number of carbonyl (C=O) groups is 1. The predicted molar refractivity (Wildman–Crippen MR) is 98.7 cm³/mol. The van der Waals surface area contributed by atoms with Gasteiger partial charge in [0, 0.05) is 30.2 Å². The van der Waals surface area contributed by atoms with Gasteiger partial charge >= 0.3 is 6.03 Å². The molecule has 1 aliphatic rings. The third-order valence-corrected chi connectivity index (χ3v) is 5.75. The molecule has 2 aromatic heterocycles. The minimum atomic E-state index is -0.406. The highest BCUT2D eigenvalue weighted by Crippen LogP contribution is 2.32. The van der Waals surface area contributed by atoms with E-state index in [1.807, 2.05) is 47.0 Å². The first-order valence-corrected chi connectivity index (χ1v) is 9.68. The quantitative estimate of drug-likeness (QED) is 0.859. The number of hydrogen-bond donors (Lipinski definition) is 2. The predicted octanol–water partition coefficient (Wildman–Crippen LogP) is 2.72. The highest BCUT2D eigenvalue weighted by atomic mass is 32.1. The molecule has 1 fully saturated rings. The van der Waals surface area contributed by atoms with Crippen LogP contribution < -0.4 is 5.32 Å². The summed E-state index contributed by atoms with van der Waals surface area (Å²) in [6.07, 6.45) is 1.27. The van der Waals surface area contributed by atoms with Crippen molar-refractivity contribution < 1.29 is 9.90 Å². The number of nitrogens with zero attached hydrogens (tertiary/aromatic N) is 3. The number of nitrogens with one attached hydrogen (secondary N) is 1. The van der Waals surface area contributed by atoms with Gasteiger partial charge in [0.25, 0.3) is 0 Å². The Kier molecular flexibility index (Phi) is 5.75. The maximum atomic E-state index is 12.3. The highest BCUT2D eigenvalue weighted by Gasteiger charge is 2.28. The van der Waals surface area contributed by atoms with Gasteiger partial charge in [0.05, 0.1) is 18.3 Å².